The number of carbonyl (C=O) groups is 1. The quantitative estimate of drug-likeness (QED) is 0.289. The number of fused-ring (bicyclic) bond motifs is 1. The molecule has 5 aromatic rings. The number of carbonyl (C=O) groups excluding carboxylic acids is 1. The average Bonchev–Trinajstić information content (AvgIpc) is 3.26. The number of aromatic nitrogens is 3. The summed E-state index contributed by atoms with van der Waals surface area (Å²) in [5.41, 5.74) is 9.17. The van der Waals surface area contributed by atoms with Crippen LogP contribution in [0.25, 0.3) is 27.8 Å². The van der Waals surface area contributed by atoms with Gasteiger partial charge in [-0.05, 0) is 73.7 Å². The minimum Gasteiger partial charge on any atom is -0.322 e. The van der Waals surface area contributed by atoms with Crippen molar-refractivity contribution in [1.29, 1.82) is 0 Å². The summed E-state index contributed by atoms with van der Waals surface area (Å²) in [5, 5.41) is 8.59. The van der Waals surface area contributed by atoms with E-state index in [1.54, 1.807) is 0 Å². The van der Waals surface area contributed by atoms with E-state index in [1.165, 1.54) is 5.56 Å². The molecule has 5 heteroatoms. The van der Waals surface area contributed by atoms with E-state index in [2.05, 4.69) is 48.5 Å². The average molecular weight is 475 g/mol. The lowest BCUT2D eigenvalue weighted by molar-refractivity contribution is 0.102. The number of rotatable bonds is 5. The molecule has 3 aromatic carbocycles. The molecule has 2 aromatic heterocycles. The van der Waals surface area contributed by atoms with Gasteiger partial charge in [0.05, 0.1) is 34.4 Å². The topological polar surface area (TPSA) is 59.8 Å². The number of pyridine rings is 1. The second-order valence-electron chi connectivity index (χ2n) is 9.65. The third-order valence-electron chi connectivity index (χ3n) is 6.69. The second kappa shape index (κ2) is 9.42. The van der Waals surface area contributed by atoms with Crippen molar-refractivity contribution in [3.8, 4) is 16.9 Å². The Kier molecular flexibility index (Phi) is 6.15. The molecule has 0 fully saturated rings. The van der Waals surface area contributed by atoms with Crippen molar-refractivity contribution in [1.82, 2.24) is 14.8 Å². The molecule has 180 valence electrons. The first-order valence-corrected chi connectivity index (χ1v) is 12.3. The maximum atomic E-state index is 13.5. The molecule has 0 aliphatic carbocycles. The normalized spacial score (nSPS) is 11.3. The highest BCUT2D eigenvalue weighted by atomic mass is 16.1. The Morgan fingerprint density at radius 2 is 1.67 bits per heavy atom. The lowest BCUT2D eigenvalue weighted by Gasteiger charge is -2.13. The summed E-state index contributed by atoms with van der Waals surface area (Å²) in [6.45, 7) is 10.4. The number of hydrogen-bond donors (Lipinski definition) is 1. The highest BCUT2D eigenvalue weighted by molar-refractivity contribution is 6.13. The molecule has 5 nitrogen and oxygen atoms in total. The SMILES string of the molecule is Cc1ccc(C)c(NC(=O)c2cc(-c3cnn(-c4ccc(C(C)C)cc4)c3C)nc3ccccc23)c1. The first-order chi connectivity index (χ1) is 17.3. The lowest BCUT2D eigenvalue weighted by atomic mass is 10.0. The highest BCUT2D eigenvalue weighted by Gasteiger charge is 2.18. The largest absolute Gasteiger partial charge is 0.322 e. The molecular formula is C31H30N4O. The third-order valence-corrected chi connectivity index (χ3v) is 6.69. The first-order valence-electron chi connectivity index (χ1n) is 12.3. The molecule has 1 N–H and O–H groups in total. The fourth-order valence-electron chi connectivity index (χ4n) is 4.48. The van der Waals surface area contributed by atoms with E-state index in [0.717, 1.165) is 50.4 Å². The second-order valence-corrected chi connectivity index (χ2v) is 9.65. The monoisotopic (exact) mass is 474 g/mol. The standard InChI is InChI=1S/C31H30N4O/c1-19(2)23-12-14-24(15-13-23)35-22(5)27(18-32-35)30-17-26(25-8-6-7-9-28(25)33-30)31(36)34-29-16-20(3)10-11-21(29)4/h6-19H,1-5H3,(H,34,36). The maximum Gasteiger partial charge on any atom is 0.256 e. The van der Waals surface area contributed by atoms with Gasteiger partial charge in [0.15, 0.2) is 0 Å². The number of nitrogens with one attached hydrogen (secondary N) is 1. The molecule has 5 rings (SSSR count). The van der Waals surface area contributed by atoms with E-state index in [9.17, 15) is 4.79 Å². The van der Waals surface area contributed by atoms with Crippen LogP contribution in [-0.4, -0.2) is 20.7 Å². The van der Waals surface area contributed by atoms with Crippen LogP contribution in [0.3, 0.4) is 0 Å². The summed E-state index contributed by atoms with van der Waals surface area (Å²) in [4.78, 5) is 18.4. The Bertz CT molecular complexity index is 1580. The van der Waals surface area contributed by atoms with Crippen molar-refractivity contribution in [2.24, 2.45) is 0 Å². The van der Waals surface area contributed by atoms with Crippen molar-refractivity contribution in [3.05, 3.63) is 107 Å². The van der Waals surface area contributed by atoms with Crippen molar-refractivity contribution >= 4 is 22.5 Å². The van der Waals surface area contributed by atoms with Gasteiger partial charge in [-0.2, -0.15) is 5.10 Å². The minimum atomic E-state index is -0.155. The summed E-state index contributed by atoms with van der Waals surface area (Å²) in [5.74, 6) is 0.321. The van der Waals surface area contributed by atoms with Crippen molar-refractivity contribution < 1.29 is 4.79 Å². The van der Waals surface area contributed by atoms with Gasteiger partial charge in [-0.25, -0.2) is 9.67 Å². The van der Waals surface area contributed by atoms with E-state index < -0.39 is 0 Å². The van der Waals surface area contributed by atoms with Gasteiger partial charge in [-0.1, -0.05) is 56.3 Å². The lowest BCUT2D eigenvalue weighted by Crippen LogP contribution is -2.14. The predicted octanol–water partition coefficient (Wildman–Crippen LogP) is 7.39. The van der Waals surface area contributed by atoms with Gasteiger partial charge in [-0.15, -0.1) is 0 Å². The number of para-hydroxylation sites is 1. The molecule has 0 atom stereocenters. The number of aryl methyl sites for hydroxylation is 2. The van der Waals surface area contributed by atoms with Crippen LogP contribution in [0.15, 0.2) is 79.0 Å². The van der Waals surface area contributed by atoms with Gasteiger partial charge in [0.1, 0.15) is 0 Å². The molecule has 0 bridgehead atoms. The Morgan fingerprint density at radius 1 is 0.917 bits per heavy atom. The Balaban J connectivity index is 1.57. The number of nitrogens with zero attached hydrogens (tertiary/aromatic N) is 3. The molecule has 0 radical (unpaired) electrons. The van der Waals surface area contributed by atoms with Crippen molar-refractivity contribution in [2.75, 3.05) is 5.32 Å². The van der Waals surface area contributed by atoms with Crippen LogP contribution in [0.1, 0.15) is 52.5 Å². The van der Waals surface area contributed by atoms with Crippen molar-refractivity contribution in [2.45, 2.75) is 40.5 Å². The van der Waals surface area contributed by atoms with E-state index in [-0.39, 0.29) is 5.91 Å². The Hall–Kier alpha value is -4.25. The fraction of sp³-hybridized carbons (Fsp3) is 0.194. The summed E-state index contributed by atoms with van der Waals surface area (Å²) < 4.78 is 1.92. The van der Waals surface area contributed by atoms with Gasteiger partial charge >= 0.3 is 0 Å². The molecule has 0 saturated heterocycles. The van der Waals surface area contributed by atoms with Crippen LogP contribution in [0.5, 0.6) is 0 Å². The summed E-state index contributed by atoms with van der Waals surface area (Å²) in [6.07, 6.45) is 1.83. The maximum absolute atomic E-state index is 13.5. The molecule has 0 unspecified atom stereocenters. The van der Waals surface area contributed by atoms with Gasteiger partial charge in [0.2, 0.25) is 0 Å². The molecule has 0 aliphatic heterocycles. The molecule has 0 spiro atoms. The van der Waals surface area contributed by atoms with Crippen LogP contribution in [0.2, 0.25) is 0 Å². The van der Waals surface area contributed by atoms with Crippen LogP contribution >= 0.6 is 0 Å². The molecule has 0 saturated carbocycles. The number of anilines is 1. The highest BCUT2D eigenvalue weighted by Crippen LogP contribution is 2.29. The van der Waals surface area contributed by atoms with E-state index in [1.807, 2.05) is 80.2 Å². The van der Waals surface area contributed by atoms with Crippen LogP contribution in [0, 0.1) is 20.8 Å². The van der Waals surface area contributed by atoms with Crippen LogP contribution < -0.4 is 5.32 Å². The zero-order valence-electron chi connectivity index (χ0n) is 21.3. The van der Waals surface area contributed by atoms with E-state index in [4.69, 9.17) is 4.98 Å². The van der Waals surface area contributed by atoms with Crippen molar-refractivity contribution in [3.63, 3.8) is 0 Å². The van der Waals surface area contributed by atoms with Gasteiger partial charge in [0, 0.05) is 16.6 Å². The zero-order chi connectivity index (χ0) is 25.4. The Labute approximate surface area is 211 Å². The fourth-order valence-corrected chi connectivity index (χ4v) is 4.48. The zero-order valence-corrected chi connectivity index (χ0v) is 21.3. The smallest absolute Gasteiger partial charge is 0.256 e. The summed E-state index contributed by atoms with van der Waals surface area (Å²) >= 11 is 0. The first kappa shape index (κ1) is 23.5. The number of benzene rings is 3. The predicted molar refractivity (Wildman–Crippen MR) is 147 cm³/mol. The molecule has 1 amide bonds. The van der Waals surface area contributed by atoms with Gasteiger partial charge in [0.25, 0.3) is 5.91 Å². The number of hydrogen-bond acceptors (Lipinski definition) is 3. The number of amides is 1. The minimum absolute atomic E-state index is 0.155. The Morgan fingerprint density at radius 3 is 2.42 bits per heavy atom. The summed E-state index contributed by atoms with van der Waals surface area (Å²) in [6, 6.07) is 24.2. The molecule has 0 aliphatic rings. The summed E-state index contributed by atoms with van der Waals surface area (Å²) in [7, 11) is 0. The molecular weight excluding hydrogens is 444 g/mol. The van der Waals surface area contributed by atoms with E-state index >= 15 is 0 Å². The van der Waals surface area contributed by atoms with Crippen LogP contribution in [0.4, 0.5) is 5.69 Å². The van der Waals surface area contributed by atoms with Crippen LogP contribution in [-0.2, 0) is 0 Å². The third kappa shape index (κ3) is 4.40. The molecule has 2 heterocycles. The van der Waals surface area contributed by atoms with Gasteiger partial charge in [-0.3, -0.25) is 4.79 Å². The van der Waals surface area contributed by atoms with E-state index in [0.29, 0.717) is 11.5 Å². The molecule has 36 heavy (non-hydrogen) atoms. The van der Waals surface area contributed by atoms with Gasteiger partial charge < -0.3 is 5.32 Å².